The second-order valence-electron chi connectivity index (χ2n) is 4.65. The summed E-state index contributed by atoms with van der Waals surface area (Å²) in [5.74, 6) is -3.69. The van der Waals surface area contributed by atoms with E-state index in [9.17, 15) is 27.6 Å². The van der Waals surface area contributed by atoms with Crippen LogP contribution in [-0.2, 0) is 9.59 Å². The monoisotopic (exact) mass is 299 g/mol. The molecule has 0 heterocycles. The summed E-state index contributed by atoms with van der Waals surface area (Å²) < 4.78 is 38.0. The Labute approximate surface area is 112 Å². The maximum Gasteiger partial charge on any atom is 0.422 e. The van der Waals surface area contributed by atoms with E-state index in [0.717, 1.165) is 0 Å². The summed E-state index contributed by atoms with van der Waals surface area (Å²) in [5, 5.41) is 11.8. The Kier molecular flexibility index (Phi) is 5.37. The molecule has 0 saturated carbocycles. The number of carboxylic acids is 1. The number of primary amides is 1. The lowest BCUT2D eigenvalue weighted by atomic mass is 10.0. The fourth-order valence-corrected chi connectivity index (χ4v) is 1.22. The van der Waals surface area contributed by atoms with E-state index in [0.29, 0.717) is 6.92 Å². The number of carbonyl (C=O) groups excluding carboxylic acids is 2. The zero-order chi connectivity index (χ0) is 16.3. The van der Waals surface area contributed by atoms with Crippen LogP contribution in [0.5, 0.6) is 0 Å². The number of alkyl halides is 3. The lowest BCUT2D eigenvalue weighted by Crippen LogP contribution is -2.65. The fourth-order valence-electron chi connectivity index (χ4n) is 1.22. The van der Waals surface area contributed by atoms with Crippen LogP contribution in [0.3, 0.4) is 0 Å². The molecule has 0 aliphatic carbocycles. The molecule has 0 fully saturated rings. The minimum atomic E-state index is -5.21. The van der Waals surface area contributed by atoms with Crippen molar-refractivity contribution in [3.63, 3.8) is 0 Å². The third-order valence-corrected chi connectivity index (χ3v) is 2.62. The van der Waals surface area contributed by atoms with E-state index < -0.39 is 41.6 Å². The van der Waals surface area contributed by atoms with E-state index in [-0.39, 0.29) is 0 Å². The quantitative estimate of drug-likeness (QED) is 0.579. The van der Waals surface area contributed by atoms with Gasteiger partial charge < -0.3 is 21.5 Å². The SMILES string of the molecule is CC(C)C(NC(=O)NC(C)(C(=O)O)C(F)(F)F)C(N)=O. The standard InChI is InChI=1S/C10H16F3N3O4/c1-4(2)5(6(14)17)15-8(20)16-9(3,7(18)19)10(11,12)13/h4-5H,1-3H3,(H2,14,17)(H,18,19)(H2,15,16,20). The Balaban J connectivity index is 5.06. The minimum absolute atomic E-state index is 0.295. The third kappa shape index (κ3) is 4.00. The first-order chi connectivity index (χ1) is 8.83. The molecule has 20 heavy (non-hydrogen) atoms. The molecular weight excluding hydrogens is 283 g/mol. The molecule has 0 bridgehead atoms. The van der Waals surface area contributed by atoms with E-state index in [1.54, 1.807) is 0 Å². The van der Waals surface area contributed by atoms with Gasteiger partial charge in [-0.2, -0.15) is 13.2 Å². The molecule has 3 amide bonds. The Morgan fingerprint density at radius 2 is 1.65 bits per heavy atom. The zero-order valence-electron chi connectivity index (χ0n) is 11.0. The summed E-state index contributed by atoms with van der Waals surface area (Å²) in [6.45, 7) is 3.31. The van der Waals surface area contributed by atoms with Gasteiger partial charge in [0.1, 0.15) is 6.04 Å². The minimum Gasteiger partial charge on any atom is -0.479 e. The highest BCUT2D eigenvalue weighted by Gasteiger charge is 2.58. The number of rotatable bonds is 5. The molecule has 5 N–H and O–H groups in total. The highest BCUT2D eigenvalue weighted by Crippen LogP contribution is 2.30. The van der Waals surface area contributed by atoms with Crippen molar-refractivity contribution in [1.82, 2.24) is 10.6 Å². The van der Waals surface area contributed by atoms with Gasteiger partial charge in [0.15, 0.2) is 0 Å². The molecule has 0 aliphatic heterocycles. The maximum absolute atomic E-state index is 12.7. The molecule has 0 aromatic carbocycles. The predicted molar refractivity (Wildman–Crippen MR) is 61.6 cm³/mol. The van der Waals surface area contributed by atoms with Crippen LogP contribution in [0.15, 0.2) is 0 Å². The summed E-state index contributed by atoms with van der Waals surface area (Å²) >= 11 is 0. The topological polar surface area (TPSA) is 122 Å². The molecule has 0 aliphatic rings. The zero-order valence-corrected chi connectivity index (χ0v) is 11.0. The van der Waals surface area contributed by atoms with Gasteiger partial charge in [0.2, 0.25) is 11.4 Å². The van der Waals surface area contributed by atoms with Crippen LogP contribution in [0.4, 0.5) is 18.0 Å². The van der Waals surface area contributed by atoms with Crippen molar-refractivity contribution in [1.29, 1.82) is 0 Å². The average Bonchev–Trinajstić information content (AvgIpc) is 2.22. The number of carboxylic acid groups (broad SMARTS) is 1. The van der Waals surface area contributed by atoms with Crippen LogP contribution in [-0.4, -0.2) is 40.8 Å². The smallest absolute Gasteiger partial charge is 0.422 e. The highest BCUT2D eigenvalue weighted by atomic mass is 19.4. The number of halogens is 3. The summed E-state index contributed by atoms with van der Waals surface area (Å²) in [6.07, 6.45) is -5.21. The molecule has 0 saturated heterocycles. The Hall–Kier alpha value is -2.00. The van der Waals surface area contributed by atoms with Gasteiger partial charge in [-0.1, -0.05) is 13.8 Å². The summed E-state index contributed by atoms with van der Waals surface area (Å²) in [7, 11) is 0. The molecule has 2 unspecified atom stereocenters. The van der Waals surface area contributed by atoms with Crippen molar-refractivity contribution in [2.24, 2.45) is 11.7 Å². The summed E-state index contributed by atoms with van der Waals surface area (Å²) in [6, 6.07) is -2.67. The first-order valence-corrected chi connectivity index (χ1v) is 5.51. The van der Waals surface area contributed by atoms with Gasteiger partial charge in [-0.25, -0.2) is 9.59 Å². The number of aliphatic carboxylic acids is 1. The molecule has 2 atom stereocenters. The lowest BCUT2D eigenvalue weighted by Gasteiger charge is -2.29. The maximum atomic E-state index is 12.7. The van der Waals surface area contributed by atoms with Crippen LogP contribution in [0, 0.1) is 5.92 Å². The predicted octanol–water partition coefficient (Wildman–Crippen LogP) is 0.201. The van der Waals surface area contributed by atoms with Crippen molar-refractivity contribution >= 4 is 17.9 Å². The first-order valence-electron chi connectivity index (χ1n) is 5.51. The molecule has 0 spiro atoms. The van der Waals surface area contributed by atoms with Gasteiger partial charge in [0, 0.05) is 0 Å². The van der Waals surface area contributed by atoms with E-state index in [2.05, 4.69) is 0 Å². The van der Waals surface area contributed by atoms with Crippen molar-refractivity contribution < 1.29 is 32.7 Å². The number of nitrogens with one attached hydrogen (secondary N) is 2. The molecule has 0 rings (SSSR count). The molecule has 0 aromatic heterocycles. The van der Waals surface area contributed by atoms with Crippen molar-refractivity contribution in [2.45, 2.75) is 38.5 Å². The number of urea groups is 1. The van der Waals surface area contributed by atoms with Gasteiger partial charge >= 0.3 is 18.2 Å². The number of amides is 3. The Bertz CT molecular complexity index is 411. The van der Waals surface area contributed by atoms with E-state index in [1.807, 2.05) is 5.32 Å². The largest absolute Gasteiger partial charge is 0.479 e. The fraction of sp³-hybridized carbons (Fsp3) is 0.700. The molecule has 10 heteroatoms. The molecule has 0 radical (unpaired) electrons. The van der Waals surface area contributed by atoms with E-state index in [4.69, 9.17) is 10.8 Å². The lowest BCUT2D eigenvalue weighted by molar-refractivity contribution is -0.203. The van der Waals surface area contributed by atoms with Crippen molar-refractivity contribution in [2.75, 3.05) is 0 Å². The number of carbonyl (C=O) groups is 3. The second-order valence-corrected chi connectivity index (χ2v) is 4.65. The Morgan fingerprint density at radius 1 is 1.20 bits per heavy atom. The van der Waals surface area contributed by atoms with Crippen LogP contribution >= 0.6 is 0 Å². The van der Waals surface area contributed by atoms with Crippen LogP contribution in [0.25, 0.3) is 0 Å². The van der Waals surface area contributed by atoms with Gasteiger partial charge in [-0.3, -0.25) is 4.79 Å². The first kappa shape index (κ1) is 18.0. The van der Waals surface area contributed by atoms with E-state index >= 15 is 0 Å². The van der Waals surface area contributed by atoms with Crippen molar-refractivity contribution in [3.05, 3.63) is 0 Å². The normalized spacial score (nSPS) is 16.1. The van der Waals surface area contributed by atoms with Crippen molar-refractivity contribution in [3.8, 4) is 0 Å². The van der Waals surface area contributed by atoms with Gasteiger partial charge in [0.25, 0.3) is 0 Å². The number of nitrogens with two attached hydrogens (primary N) is 1. The van der Waals surface area contributed by atoms with E-state index in [1.165, 1.54) is 19.2 Å². The highest BCUT2D eigenvalue weighted by molar-refractivity contribution is 5.90. The summed E-state index contributed by atoms with van der Waals surface area (Å²) in [4.78, 5) is 33.2. The van der Waals surface area contributed by atoms with Crippen LogP contribution < -0.4 is 16.4 Å². The van der Waals surface area contributed by atoms with Gasteiger partial charge in [0.05, 0.1) is 0 Å². The van der Waals surface area contributed by atoms with Crippen LogP contribution in [0.2, 0.25) is 0 Å². The van der Waals surface area contributed by atoms with Gasteiger partial charge in [-0.05, 0) is 12.8 Å². The molecular formula is C10H16F3N3O4. The number of hydrogen-bond donors (Lipinski definition) is 4. The van der Waals surface area contributed by atoms with Gasteiger partial charge in [-0.15, -0.1) is 0 Å². The second kappa shape index (κ2) is 5.97. The summed E-state index contributed by atoms with van der Waals surface area (Å²) in [5.41, 5.74) is 1.50. The molecule has 0 aromatic rings. The third-order valence-electron chi connectivity index (χ3n) is 2.62. The molecule has 7 nitrogen and oxygen atoms in total. The average molecular weight is 299 g/mol. The van der Waals surface area contributed by atoms with Crippen LogP contribution in [0.1, 0.15) is 20.8 Å². The number of hydrogen-bond acceptors (Lipinski definition) is 3. The Morgan fingerprint density at radius 3 is 1.90 bits per heavy atom. The molecule has 116 valence electrons.